The van der Waals surface area contributed by atoms with Gasteiger partial charge in [0.25, 0.3) is 0 Å². The number of aliphatic imine (C=N–C) groups is 1. The summed E-state index contributed by atoms with van der Waals surface area (Å²) >= 11 is 0. The Labute approximate surface area is 187 Å². The lowest BCUT2D eigenvalue weighted by molar-refractivity contribution is 0.190. The van der Waals surface area contributed by atoms with Crippen LogP contribution in [0.5, 0.6) is 5.75 Å². The predicted octanol–water partition coefficient (Wildman–Crippen LogP) is 4.40. The van der Waals surface area contributed by atoms with Crippen LogP contribution >= 0.6 is 0 Å². The molecule has 1 aliphatic carbocycles. The molecule has 9 heteroatoms. The first-order chi connectivity index (χ1) is 15.2. The van der Waals surface area contributed by atoms with Gasteiger partial charge in [-0.2, -0.15) is 0 Å². The average molecular weight is 448 g/mol. The van der Waals surface area contributed by atoms with Crippen LogP contribution in [0, 0.1) is 34.4 Å². The molecule has 2 fully saturated rings. The van der Waals surface area contributed by atoms with Gasteiger partial charge in [0.05, 0.1) is 12.8 Å². The van der Waals surface area contributed by atoms with Gasteiger partial charge in [-0.05, 0) is 55.6 Å². The summed E-state index contributed by atoms with van der Waals surface area (Å²) < 4.78 is 37.7. The second-order valence-electron chi connectivity index (χ2n) is 8.43. The predicted molar refractivity (Wildman–Crippen MR) is 120 cm³/mol. The van der Waals surface area contributed by atoms with Crippen LogP contribution in [-0.2, 0) is 4.74 Å². The SMILES string of the molecule is C=C(F)/C=N\C(=N)N1CCC(C2CC2CCOc2ccc(C(N)OC(C)=N)c(F)c2)CC1. The molecule has 1 saturated heterocycles. The summed E-state index contributed by atoms with van der Waals surface area (Å²) in [6, 6.07) is 4.49. The second kappa shape index (κ2) is 10.7. The van der Waals surface area contributed by atoms with E-state index in [2.05, 4.69) is 11.6 Å². The number of nitrogens with zero attached hydrogens (tertiary/aromatic N) is 2. The van der Waals surface area contributed by atoms with Crippen LogP contribution in [0.3, 0.4) is 0 Å². The zero-order valence-electron chi connectivity index (χ0n) is 18.3. The van der Waals surface area contributed by atoms with E-state index in [0.717, 1.165) is 38.6 Å². The number of guanidine groups is 1. The molecule has 1 heterocycles. The van der Waals surface area contributed by atoms with Crippen molar-refractivity contribution < 1.29 is 18.3 Å². The number of nitrogens with two attached hydrogens (primary N) is 1. The maximum Gasteiger partial charge on any atom is 0.217 e. The molecule has 174 valence electrons. The summed E-state index contributed by atoms with van der Waals surface area (Å²) in [5.41, 5.74) is 5.94. The molecular weight excluding hydrogens is 416 g/mol. The van der Waals surface area contributed by atoms with Crippen molar-refractivity contribution in [3.8, 4) is 5.75 Å². The Hall–Kier alpha value is -2.81. The first-order valence-electron chi connectivity index (χ1n) is 10.9. The molecule has 4 N–H and O–H groups in total. The van der Waals surface area contributed by atoms with Gasteiger partial charge in [-0.15, -0.1) is 0 Å². The molecule has 0 aromatic heterocycles. The molecule has 0 spiro atoms. The molecule has 1 aliphatic heterocycles. The third-order valence-electron chi connectivity index (χ3n) is 6.09. The Bertz CT molecular complexity index is 883. The van der Waals surface area contributed by atoms with E-state index in [1.54, 1.807) is 6.07 Å². The highest BCUT2D eigenvalue weighted by Gasteiger charge is 2.43. The topological polar surface area (TPSA) is 108 Å². The average Bonchev–Trinajstić information content (AvgIpc) is 3.51. The van der Waals surface area contributed by atoms with E-state index >= 15 is 0 Å². The largest absolute Gasteiger partial charge is 0.493 e. The summed E-state index contributed by atoms with van der Waals surface area (Å²) in [4.78, 5) is 5.66. The van der Waals surface area contributed by atoms with Gasteiger partial charge in [-0.25, -0.2) is 13.8 Å². The normalized spacial score (nSPS) is 21.9. The van der Waals surface area contributed by atoms with Crippen molar-refractivity contribution >= 4 is 18.1 Å². The molecule has 3 unspecified atom stereocenters. The van der Waals surface area contributed by atoms with Crippen LogP contribution in [0.1, 0.15) is 44.4 Å². The van der Waals surface area contributed by atoms with E-state index in [9.17, 15) is 8.78 Å². The molecule has 1 aromatic carbocycles. The van der Waals surface area contributed by atoms with Crippen molar-refractivity contribution in [2.75, 3.05) is 19.7 Å². The van der Waals surface area contributed by atoms with Gasteiger partial charge in [0.2, 0.25) is 5.96 Å². The number of hydrogen-bond acceptors (Lipinski definition) is 5. The minimum atomic E-state index is -1.01. The lowest BCUT2D eigenvalue weighted by atomic mass is 9.90. The minimum Gasteiger partial charge on any atom is -0.493 e. The molecule has 2 aliphatic rings. The Kier molecular flexibility index (Phi) is 7.95. The molecule has 1 saturated carbocycles. The number of hydrogen-bond donors (Lipinski definition) is 3. The number of halogens is 2. The van der Waals surface area contributed by atoms with E-state index < -0.39 is 17.9 Å². The van der Waals surface area contributed by atoms with E-state index in [1.807, 2.05) is 4.90 Å². The first-order valence-corrected chi connectivity index (χ1v) is 10.9. The Morgan fingerprint density at radius 3 is 2.72 bits per heavy atom. The smallest absolute Gasteiger partial charge is 0.217 e. The van der Waals surface area contributed by atoms with Gasteiger partial charge in [-0.3, -0.25) is 16.6 Å². The van der Waals surface area contributed by atoms with E-state index in [-0.39, 0.29) is 17.4 Å². The number of ether oxygens (including phenoxy) is 2. The lowest BCUT2D eigenvalue weighted by Gasteiger charge is -2.32. The van der Waals surface area contributed by atoms with Crippen LogP contribution < -0.4 is 10.5 Å². The van der Waals surface area contributed by atoms with Crippen molar-refractivity contribution in [1.29, 1.82) is 10.8 Å². The molecule has 32 heavy (non-hydrogen) atoms. The van der Waals surface area contributed by atoms with Crippen LogP contribution in [0.4, 0.5) is 8.78 Å². The van der Waals surface area contributed by atoms with Crippen LogP contribution in [-0.4, -0.2) is 42.7 Å². The van der Waals surface area contributed by atoms with Crippen molar-refractivity contribution in [3.05, 3.63) is 42.0 Å². The maximum atomic E-state index is 14.3. The van der Waals surface area contributed by atoms with Crippen molar-refractivity contribution in [2.24, 2.45) is 28.5 Å². The van der Waals surface area contributed by atoms with Gasteiger partial charge >= 0.3 is 0 Å². The Morgan fingerprint density at radius 1 is 1.38 bits per heavy atom. The molecule has 0 radical (unpaired) electrons. The number of allylic oxidation sites excluding steroid dienone is 1. The number of rotatable bonds is 8. The van der Waals surface area contributed by atoms with Crippen LogP contribution in [0.2, 0.25) is 0 Å². The van der Waals surface area contributed by atoms with E-state index in [1.165, 1.54) is 25.5 Å². The number of nitrogens with one attached hydrogen (secondary N) is 2. The van der Waals surface area contributed by atoms with Crippen molar-refractivity contribution in [3.63, 3.8) is 0 Å². The molecule has 1 aromatic rings. The van der Waals surface area contributed by atoms with Gasteiger partial charge in [0.1, 0.15) is 17.4 Å². The van der Waals surface area contributed by atoms with Crippen molar-refractivity contribution in [1.82, 2.24) is 4.90 Å². The minimum absolute atomic E-state index is 0.0725. The summed E-state index contributed by atoms with van der Waals surface area (Å²) in [5, 5.41) is 15.2. The Morgan fingerprint density at radius 2 is 2.09 bits per heavy atom. The zero-order chi connectivity index (χ0) is 23.3. The molecule has 3 rings (SSSR count). The van der Waals surface area contributed by atoms with Gasteiger partial charge < -0.3 is 14.4 Å². The fourth-order valence-electron chi connectivity index (χ4n) is 4.34. The fraction of sp³-hybridized carbons (Fsp3) is 0.522. The summed E-state index contributed by atoms with van der Waals surface area (Å²) in [7, 11) is 0. The molecule has 3 atom stereocenters. The fourth-order valence-corrected chi connectivity index (χ4v) is 4.34. The van der Waals surface area contributed by atoms with E-state index in [0.29, 0.717) is 30.1 Å². The highest BCUT2D eigenvalue weighted by Crippen LogP contribution is 2.49. The number of benzene rings is 1. The van der Waals surface area contributed by atoms with E-state index in [4.69, 9.17) is 26.0 Å². The number of piperidine rings is 1. The molecular formula is C23H31F2N5O2. The van der Waals surface area contributed by atoms with Crippen molar-refractivity contribution in [2.45, 2.75) is 38.8 Å². The third kappa shape index (κ3) is 6.59. The van der Waals surface area contributed by atoms with Gasteiger partial charge in [-0.1, -0.05) is 6.58 Å². The summed E-state index contributed by atoms with van der Waals surface area (Å²) in [6.07, 6.45) is 4.06. The first kappa shape index (κ1) is 23.8. The monoisotopic (exact) mass is 447 g/mol. The quantitative estimate of drug-likeness (QED) is 0.312. The molecule has 0 amide bonds. The Balaban J connectivity index is 1.37. The summed E-state index contributed by atoms with van der Waals surface area (Å²) in [6.45, 7) is 6.59. The van der Waals surface area contributed by atoms with Crippen LogP contribution in [0.15, 0.2) is 35.6 Å². The highest BCUT2D eigenvalue weighted by atomic mass is 19.1. The second-order valence-corrected chi connectivity index (χ2v) is 8.43. The molecule has 0 bridgehead atoms. The zero-order valence-corrected chi connectivity index (χ0v) is 18.3. The third-order valence-corrected chi connectivity index (χ3v) is 6.09. The van der Waals surface area contributed by atoms with Crippen LogP contribution in [0.25, 0.3) is 0 Å². The highest BCUT2D eigenvalue weighted by molar-refractivity contribution is 5.90. The summed E-state index contributed by atoms with van der Waals surface area (Å²) in [5.74, 6) is 1.20. The number of likely N-dealkylation sites (tertiary alicyclic amines) is 1. The lowest BCUT2D eigenvalue weighted by Crippen LogP contribution is -2.38. The standard InChI is InChI=1S/C23H31F2N5O2/c1-14(24)13-29-23(28)30-8-5-16(6-9-30)20-11-17(20)7-10-31-18-3-4-19(21(25)12-18)22(27)32-15(2)26/h3-4,12-13,16-17,20,22,26,28H,1,5-11,27H2,2H3/b26-15?,28-23?,29-13-. The van der Waals surface area contributed by atoms with Gasteiger partial charge in [0.15, 0.2) is 12.1 Å². The maximum absolute atomic E-state index is 14.3. The molecule has 7 nitrogen and oxygen atoms in total. The van der Waals surface area contributed by atoms with Gasteiger partial charge in [0, 0.05) is 31.6 Å².